The number of nitrogens with zero attached hydrogens (tertiary/aromatic N) is 3. The Morgan fingerprint density at radius 3 is 2.47 bits per heavy atom. The number of aryl methyl sites for hydroxylation is 2. The maximum absolute atomic E-state index is 9.98. The lowest BCUT2D eigenvalue weighted by molar-refractivity contribution is 0.0758. The number of nitrogen functional groups attached to an aromatic ring is 1. The van der Waals surface area contributed by atoms with Gasteiger partial charge in [-0.05, 0) is 70.0 Å². The Morgan fingerprint density at radius 1 is 1.11 bits per heavy atom. The minimum Gasteiger partial charge on any atom is -0.497 e. The molecule has 0 amide bonds. The third kappa shape index (κ3) is 4.48. The molecule has 1 atom stereocenters. The Labute approximate surface area is 212 Å². The van der Waals surface area contributed by atoms with Crippen LogP contribution >= 0.6 is 0 Å². The summed E-state index contributed by atoms with van der Waals surface area (Å²) in [4.78, 5) is 4.91. The van der Waals surface area contributed by atoms with E-state index in [0.29, 0.717) is 35.6 Å². The Bertz CT molecular complexity index is 1450. The third-order valence-electron chi connectivity index (χ3n) is 6.54. The van der Waals surface area contributed by atoms with Gasteiger partial charge < -0.3 is 19.9 Å². The highest BCUT2D eigenvalue weighted by atomic mass is 16.5. The number of hydrogen-bond acceptors (Lipinski definition) is 6. The number of benzene rings is 2. The molecule has 0 fully saturated rings. The molecule has 0 spiro atoms. The number of rotatable bonds is 8. The third-order valence-corrected chi connectivity index (χ3v) is 6.54. The second-order valence-electron chi connectivity index (χ2n) is 8.83. The van der Waals surface area contributed by atoms with E-state index in [1.807, 2.05) is 81.7 Å². The summed E-state index contributed by atoms with van der Waals surface area (Å²) in [7, 11) is 1.65. The highest BCUT2D eigenvalue weighted by Gasteiger charge is 2.23. The molecule has 4 aromatic rings. The summed E-state index contributed by atoms with van der Waals surface area (Å²) in [6.07, 6.45) is -0.138. The van der Waals surface area contributed by atoms with E-state index in [4.69, 9.17) is 24.9 Å². The minimum atomic E-state index is -0.138. The number of nitriles is 1. The highest BCUT2D eigenvalue weighted by molar-refractivity contribution is 5.92. The standard InChI is InChI=1S/C29H32N4O3/c1-7-35-20(5)23-14-24-25(15-30)28(31)33(29(24)32-19(23)4)27-17(2)8-13-26(18(27)3)36-16-21-9-11-22(34-6)12-10-21/h8-14,20H,7,16,31H2,1-6H3. The number of fused-ring (bicyclic) bond motifs is 1. The van der Waals surface area contributed by atoms with Crippen molar-refractivity contribution in [2.45, 2.75) is 47.3 Å². The number of hydrogen-bond donors (Lipinski definition) is 1. The van der Waals surface area contributed by atoms with Crippen molar-refractivity contribution in [1.82, 2.24) is 9.55 Å². The van der Waals surface area contributed by atoms with Crippen LogP contribution in [0, 0.1) is 32.1 Å². The summed E-state index contributed by atoms with van der Waals surface area (Å²) in [6, 6.07) is 16.0. The maximum atomic E-state index is 9.98. The molecule has 0 saturated carbocycles. The Hall–Kier alpha value is -4.02. The zero-order chi connectivity index (χ0) is 26.0. The van der Waals surface area contributed by atoms with Crippen LogP contribution in [0.3, 0.4) is 0 Å². The van der Waals surface area contributed by atoms with Gasteiger partial charge in [-0.2, -0.15) is 5.26 Å². The van der Waals surface area contributed by atoms with E-state index in [-0.39, 0.29) is 6.10 Å². The first-order valence-corrected chi connectivity index (χ1v) is 12.0. The summed E-state index contributed by atoms with van der Waals surface area (Å²) >= 11 is 0. The van der Waals surface area contributed by atoms with Crippen molar-refractivity contribution >= 4 is 16.9 Å². The Balaban J connectivity index is 1.81. The van der Waals surface area contributed by atoms with Gasteiger partial charge in [0.15, 0.2) is 0 Å². The Morgan fingerprint density at radius 2 is 1.83 bits per heavy atom. The van der Waals surface area contributed by atoms with E-state index in [1.54, 1.807) is 7.11 Å². The minimum absolute atomic E-state index is 0.138. The molecule has 1 unspecified atom stereocenters. The van der Waals surface area contributed by atoms with Crippen molar-refractivity contribution in [2.75, 3.05) is 19.5 Å². The van der Waals surface area contributed by atoms with E-state index in [0.717, 1.165) is 45.1 Å². The smallest absolute Gasteiger partial charge is 0.147 e. The lowest BCUT2D eigenvalue weighted by Crippen LogP contribution is -2.08. The van der Waals surface area contributed by atoms with Gasteiger partial charge in [-0.15, -0.1) is 0 Å². The molecule has 2 N–H and O–H groups in total. The van der Waals surface area contributed by atoms with Crippen molar-refractivity contribution < 1.29 is 14.2 Å². The normalized spacial score (nSPS) is 11.9. The van der Waals surface area contributed by atoms with Gasteiger partial charge in [0.1, 0.15) is 41.2 Å². The molecule has 0 aliphatic carbocycles. The molecule has 2 aromatic heterocycles. The van der Waals surface area contributed by atoms with E-state index in [1.165, 1.54) is 0 Å². The molecule has 0 radical (unpaired) electrons. The van der Waals surface area contributed by atoms with Crippen LogP contribution in [0.25, 0.3) is 16.7 Å². The lowest BCUT2D eigenvalue weighted by atomic mass is 10.1. The number of anilines is 1. The molecular weight excluding hydrogens is 452 g/mol. The van der Waals surface area contributed by atoms with Crippen molar-refractivity contribution in [1.29, 1.82) is 5.26 Å². The first-order chi connectivity index (χ1) is 17.3. The summed E-state index contributed by atoms with van der Waals surface area (Å²) in [6.45, 7) is 10.9. The molecule has 7 heteroatoms. The summed E-state index contributed by atoms with van der Waals surface area (Å²) in [5.41, 5.74) is 13.3. The molecule has 4 rings (SSSR count). The predicted octanol–water partition coefficient (Wildman–Crippen LogP) is 6.09. The summed E-state index contributed by atoms with van der Waals surface area (Å²) in [5, 5.41) is 10.7. The molecular formula is C29H32N4O3. The van der Waals surface area contributed by atoms with Gasteiger partial charge >= 0.3 is 0 Å². The average Bonchev–Trinajstić information content (AvgIpc) is 3.13. The average molecular weight is 485 g/mol. The summed E-state index contributed by atoms with van der Waals surface area (Å²) < 4.78 is 19.1. The van der Waals surface area contributed by atoms with Gasteiger partial charge in [0.25, 0.3) is 0 Å². The first kappa shape index (κ1) is 25.1. The largest absolute Gasteiger partial charge is 0.497 e. The van der Waals surface area contributed by atoms with Gasteiger partial charge in [-0.25, -0.2) is 4.98 Å². The number of pyridine rings is 1. The van der Waals surface area contributed by atoms with Gasteiger partial charge in [0, 0.05) is 28.8 Å². The van der Waals surface area contributed by atoms with E-state index in [9.17, 15) is 5.26 Å². The van der Waals surface area contributed by atoms with Crippen LogP contribution in [0.5, 0.6) is 11.5 Å². The molecule has 186 valence electrons. The first-order valence-electron chi connectivity index (χ1n) is 12.0. The zero-order valence-corrected chi connectivity index (χ0v) is 21.7. The van der Waals surface area contributed by atoms with Crippen molar-refractivity contribution in [3.05, 3.63) is 76.0 Å². The van der Waals surface area contributed by atoms with E-state index >= 15 is 0 Å². The molecule has 0 aliphatic heterocycles. The predicted molar refractivity (Wildman–Crippen MR) is 142 cm³/mol. The van der Waals surface area contributed by atoms with Gasteiger partial charge in [-0.3, -0.25) is 4.57 Å². The topological polar surface area (TPSA) is 95.3 Å². The number of methoxy groups -OCH3 is 1. The van der Waals surface area contributed by atoms with Gasteiger partial charge in [-0.1, -0.05) is 18.2 Å². The molecule has 0 saturated heterocycles. The SMILES string of the molecule is CCOC(C)c1cc2c(C#N)c(N)n(-c3c(C)ccc(OCc4ccc(OC)cc4)c3C)c2nc1C. The molecule has 36 heavy (non-hydrogen) atoms. The number of ether oxygens (including phenoxy) is 3. The second kappa shape index (κ2) is 10.3. The van der Waals surface area contributed by atoms with Crippen LogP contribution in [-0.4, -0.2) is 23.3 Å². The fourth-order valence-corrected chi connectivity index (χ4v) is 4.62. The van der Waals surface area contributed by atoms with Crippen LogP contribution < -0.4 is 15.2 Å². The van der Waals surface area contributed by atoms with Crippen molar-refractivity contribution in [3.63, 3.8) is 0 Å². The van der Waals surface area contributed by atoms with E-state index in [2.05, 4.69) is 6.07 Å². The zero-order valence-electron chi connectivity index (χ0n) is 21.7. The molecule has 0 bridgehead atoms. The van der Waals surface area contributed by atoms with Crippen LogP contribution in [-0.2, 0) is 11.3 Å². The summed E-state index contributed by atoms with van der Waals surface area (Å²) in [5.74, 6) is 1.90. The molecule has 2 aromatic carbocycles. The number of aromatic nitrogens is 2. The van der Waals surface area contributed by atoms with Crippen LogP contribution in [0.15, 0.2) is 42.5 Å². The van der Waals surface area contributed by atoms with Crippen LogP contribution in [0.4, 0.5) is 5.82 Å². The lowest BCUT2D eigenvalue weighted by Gasteiger charge is -2.19. The fourth-order valence-electron chi connectivity index (χ4n) is 4.62. The maximum Gasteiger partial charge on any atom is 0.147 e. The monoisotopic (exact) mass is 484 g/mol. The Kier molecular flexibility index (Phi) is 7.18. The van der Waals surface area contributed by atoms with Crippen molar-refractivity contribution in [3.8, 4) is 23.3 Å². The quantitative estimate of drug-likeness (QED) is 0.325. The fraction of sp³-hybridized carbons (Fsp3) is 0.310. The van der Waals surface area contributed by atoms with Gasteiger partial charge in [0.05, 0.1) is 18.9 Å². The second-order valence-corrected chi connectivity index (χ2v) is 8.83. The van der Waals surface area contributed by atoms with E-state index < -0.39 is 0 Å². The molecule has 0 aliphatic rings. The van der Waals surface area contributed by atoms with Crippen molar-refractivity contribution in [2.24, 2.45) is 0 Å². The van der Waals surface area contributed by atoms with Crippen LogP contribution in [0.1, 0.15) is 53.5 Å². The van der Waals surface area contributed by atoms with Gasteiger partial charge in [0.2, 0.25) is 0 Å². The molecule has 7 nitrogen and oxygen atoms in total. The molecule has 2 heterocycles. The number of nitrogens with two attached hydrogens (primary N) is 1. The van der Waals surface area contributed by atoms with Crippen LogP contribution in [0.2, 0.25) is 0 Å². The highest BCUT2D eigenvalue weighted by Crippen LogP contribution is 2.37.